The summed E-state index contributed by atoms with van der Waals surface area (Å²) in [5.74, 6) is -0.442. The van der Waals surface area contributed by atoms with E-state index in [1.807, 2.05) is 24.3 Å². The van der Waals surface area contributed by atoms with Crippen LogP contribution in [-0.2, 0) is 11.3 Å². The standard InChI is InChI=1S/C20H22Cl2FN3O/c1-24(13-17-18(22)6-3-7-19(17)23)20(27)14-25-8-10-26(11-9-25)16-5-2-4-15(21)12-16/h2-7,12H,8-11,13-14H2,1H3. The first kappa shape index (κ1) is 19.9. The molecule has 3 rings (SSSR count). The maximum absolute atomic E-state index is 13.9. The molecule has 0 aliphatic carbocycles. The van der Waals surface area contributed by atoms with E-state index in [0.717, 1.165) is 36.9 Å². The summed E-state index contributed by atoms with van der Waals surface area (Å²) in [7, 11) is 1.67. The maximum Gasteiger partial charge on any atom is 0.236 e. The Morgan fingerprint density at radius 2 is 1.81 bits per heavy atom. The molecule has 2 aromatic rings. The summed E-state index contributed by atoms with van der Waals surface area (Å²) in [5, 5.41) is 1.06. The first-order chi connectivity index (χ1) is 12.9. The Morgan fingerprint density at radius 1 is 1.11 bits per heavy atom. The van der Waals surface area contributed by atoms with Gasteiger partial charge < -0.3 is 9.80 Å². The number of nitrogens with zero attached hydrogens (tertiary/aromatic N) is 3. The summed E-state index contributed by atoms with van der Waals surface area (Å²) in [6.07, 6.45) is 0. The molecule has 27 heavy (non-hydrogen) atoms. The molecule has 144 valence electrons. The van der Waals surface area contributed by atoms with Crippen molar-refractivity contribution in [1.29, 1.82) is 0 Å². The third-order valence-electron chi connectivity index (χ3n) is 4.79. The second-order valence-corrected chi connectivity index (χ2v) is 7.54. The number of likely N-dealkylation sites (N-methyl/N-ethyl adjacent to an activating group) is 1. The van der Waals surface area contributed by atoms with Gasteiger partial charge in [-0.3, -0.25) is 9.69 Å². The number of rotatable bonds is 5. The highest BCUT2D eigenvalue weighted by molar-refractivity contribution is 6.31. The average molecular weight is 410 g/mol. The molecular weight excluding hydrogens is 388 g/mol. The van der Waals surface area contributed by atoms with Crippen molar-refractivity contribution in [1.82, 2.24) is 9.80 Å². The van der Waals surface area contributed by atoms with Crippen molar-refractivity contribution in [2.45, 2.75) is 6.54 Å². The van der Waals surface area contributed by atoms with Crippen LogP contribution in [0.25, 0.3) is 0 Å². The normalized spacial score (nSPS) is 15.0. The minimum Gasteiger partial charge on any atom is -0.369 e. The molecule has 1 heterocycles. The van der Waals surface area contributed by atoms with Gasteiger partial charge in [0, 0.05) is 61.1 Å². The van der Waals surface area contributed by atoms with Crippen LogP contribution in [-0.4, -0.2) is 55.5 Å². The zero-order valence-electron chi connectivity index (χ0n) is 15.2. The molecule has 2 aromatic carbocycles. The lowest BCUT2D eigenvalue weighted by Gasteiger charge is -2.36. The minimum absolute atomic E-state index is 0.0504. The molecular formula is C20H22Cl2FN3O. The SMILES string of the molecule is CN(Cc1c(F)cccc1Cl)C(=O)CN1CCN(c2cccc(Cl)c2)CC1. The van der Waals surface area contributed by atoms with Gasteiger partial charge in [-0.05, 0) is 30.3 Å². The highest BCUT2D eigenvalue weighted by Crippen LogP contribution is 2.22. The first-order valence-corrected chi connectivity index (χ1v) is 9.59. The number of halogens is 3. The zero-order chi connectivity index (χ0) is 19.4. The van der Waals surface area contributed by atoms with Gasteiger partial charge in [-0.2, -0.15) is 0 Å². The number of hydrogen-bond donors (Lipinski definition) is 0. The summed E-state index contributed by atoms with van der Waals surface area (Å²) in [6, 6.07) is 12.3. The van der Waals surface area contributed by atoms with Crippen LogP contribution in [0, 0.1) is 5.82 Å². The smallest absolute Gasteiger partial charge is 0.236 e. The molecule has 0 radical (unpaired) electrons. The lowest BCUT2D eigenvalue weighted by atomic mass is 10.2. The number of carbonyl (C=O) groups excluding carboxylic acids is 1. The van der Waals surface area contributed by atoms with Crippen LogP contribution >= 0.6 is 23.2 Å². The van der Waals surface area contributed by atoms with Crippen LogP contribution in [0.3, 0.4) is 0 Å². The van der Waals surface area contributed by atoms with E-state index < -0.39 is 5.82 Å². The number of amides is 1. The first-order valence-electron chi connectivity index (χ1n) is 8.84. The molecule has 4 nitrogen and oxygen atoms in total. The predicted octanol–water partition coefficient (Wildman–Crippen LogP) is 3.91. The van der Waals surface area contributed by atoms with Gasteiger partial charge in [-0.1, -0.05) is 35.3 Å². The molecule has 1 fully saturated rings. The Balaban J connectivity index is 1.52. The number of benzene rings is 2. The van der Waals surface area contributed by atoms with Gasteiger partial charge in [0.15, 0.2) is 0 Å². The van der Waals surface area contributed by atoms with E-state index in [4.69, 9.17) is 23.2 Å². The molecule has 0 atom stereocenters. The van der Waals surface area contributed by atoms with Crippen molar-refractivity contribution in [2.24, 2.45) is 0 Å². The highest BCUT2D eigenvalue weighted by Gasteiger charge is 2.21. The van der Waals surface area contributed by atoms with Crippen molar-refractivity contribution in [3.63, 3.8) is 0 Å². The van der Waals surface area contributed by atoms with E-state index in [2.05, 4.69) is 9.80 Å². The largest absolute Gasteiger partial charge is 0.369 e. The van der Waals surface area contributed by atoms with Crippen molar-refractivity contribution in [3.8, 4) is 0 Å². The minimum atomic E-state index is -0.391. The Kier molecular flexibility index (Phi) is 6.58. The fourth-order valence-electron chi connectivity index (χ4n) is 3.16. The van der Waals surface area contributed by atoms with Gasteiger partial charge in [0.05, 0.1) is 6.54 Å². The molecule has 0 bridgehead atoms. The molecule has 1 amide bonds. The summed E-state index contributed by atoms with van der Waals surface area (Å²) in [5.41, 5.74) is 1.44. The third kappa shape index (κ3) is 5.12. The lowest BCUT2D eigenvalue weighted by Crippen LogP contribution is -2.49. The number of hydrogen-bond acceptors (Lipinski definition) is 3. The Labute approximate surface area is 169 Å². The van der Waals surface area contributed by atoms with Gasteiger partial charge in [0.1, 0.15) is 5.82 Å². The average Bonchev–Trinajstić information content (AvgIpc) is 2.65. The summed E-state index contributed by atoms with van der Waals surface area (Å²) in [6.45, 7) is 3.70. The molecule has 0 N–H and O–H groups in total. The van der Waals surface area contributed by atoms with E-state index >= 15 is 0 Å². The summed E-state index contributed by atoms with van der Waals surface area (Å²) < 4.78 is 13.9. The van der Waals surface area contributed by atoms with Crippen LogP contribution in [0.4, 0.5) is 10.1 Å². The van der Waals surface area contributed by atoms with E-state index in [1.165, 1.54) is 11.0 Å². The Bertz CT molecular complexity index is 789. The fourth-order valence-corrected chi connectivity index (χ4v) is 3.57. The second-order valence-electron chi connectivity index (χ2n) is 6.69. The molecule has 1 aliphatic heterocycles. The van der Waals surface area contributed by atoms with Gasteiger partial charge >= 0.3 is 0 Å². The van der Waals surface area contributed by atoms with Crippen molar-refractivity contribution in [3.05, 3.63) is 63.9 Å². The zero-order valence-corrected chi connectivity index (χ0v) is 16.7. The lowest BCUT2D eigenvalue weighted by molar-refractivity contribution is -0.131. The molecule has 0 aromatic heterocycles. The quantitative estimate of drug-likeness (QED) is 0.748. The molecule has 0 unspecified atom stereocenters. The second kappa shape index (κ2) is 8.91. The Morgan fingerprint density at radius 3 is 2.48 bits per heavy atom. The van der Waals surface area contributed by atoms with Gasteiger partial charge in [-0.25, -0.2) is 4.39 Å². The number of piperazine rings is 1. The van der Waals surface area contributed by atoms with Crippen molar-refractivity contribution >= 4 is 34.8 Å². The van der Waals surface area contributed by atoms with Crippen molar-refractivity contribution < 1.29 is 9.18 Å². The topological polar surface area (TPSA) is 26.8 Å². The van der Waals surface area contributed by atoms with Crippen LogP contribution in [0.1, 0.15) is 5.56 Å². The van der Waals surface area contributed by atoms with Gasteiger partial charge in [0.2, 0.25) is 5.91 Å². The molecule has 1 saturated heterocycles. The van der Waals surface area contributed by atoms with E-state index in [9.17, 15) is 9.18 Å². The summed E-state index contributed by atoms with van der Waals surface area (Å²) in [4.78, 5) is 18.4. The highest BCUT2D eigenvalue weighted by atomic mass is 35.5. The molecule has 0 saturated carbocycles. The number of anilines is 1. The maximum atomic E-state index is 13.9. The molecule has 0 spiro atoms. The monoisotopic (exact) mass is 409 g/mol. The van der Waals surface area contributed by atoms with Crippen LogP contribution in [0.15, 0.2) is 42.5 Å². The van der Waals surface area contributed by atoms with Crippen molar-refractivity contribution in [2.75, 3.05) is 44.7 Å². The van der Waals surface area contributed by atoms with Gasteiger partial charge in [0.25, 0.3) is 0 Å². The van der Waals surface area contributed by atoms with Crippen LogP contribution < -0.4 is 4.90 Å². The van der Waals surface area contributed by atoms with E-state index in [-0.39, 0.29) is 12.5 Å². The molecule has 1 aliphatic rings. The van der Waals surface area contributed by atoms with Gasteiger partial charge in [-0.15, -0.1) is 0 Å². The Hall–Kier alpha value is -1.82. The van der Waals surface area contributed by atoms with Crippen LogP contribution in [0.5, 0.6) is 0 Å². The number of carbonyl (C=O) groups is 1. The summed E-state index contributed by atoms with van der Waals surface area (Å²) >= 11 is 12.1. The van der Waals surface area contributed by atoms with E-state index in [1.54, 1.807) is 19.2 Å². The fraction of sp³-hybridized carbons (Fsp3) is 0.350. The van der Waals surface area contributed by atoms with Crippen LogP contribution in [0.2, 0.25) is 10.0 Å². The molecule has 7 heteroatoms. The third-order valence-corrected chi connectivity index (χ3v) is 5.38. The van der Waals surface area contributed by atoms with E-state index in [0.29, 0.717) is 17.1 Å². The predicted molar refractivity (Wildman–Crippen MR) is 108 cm³/mol.